The van der Waals surface area contributed by atoms with Gasteiger partial charge in [-0.2, -0.15) is 0 Å². The molecule has 0 saturated carbocycles. The molecule has 0 saturated heterocycles. The van der Waals surface area contributed by atoms with Crippen molar-refractivity contribution in [2.45, 2.75) is 32.6 Å². The summed E-state index contributed by atoms with van der Waals surface area (Å²) in [5, 5.41) is 0. The quantitative estimate of drug-likeness (QED) is 0.769. The van der Waals surface area contributed by atoms with Gasteiger partial charge in [-0.05, 0) is 30.6 Å². The van der Waals surface area contributed by atoms with Gasteiger partial charge < -0.3 is 14.3 Å². The van der Waals surface area contributed by atoms with E-state index >= 15 is 0 Å². The fourth-order valence-electron chi connectivity index (χ4n) is 2.73. The highest BCUT2D eigenvalue weighted by atomic mass is 16.5. The maximum atomic E-state index is 11.0. The predicted octanol–water partition coefficient (Wildman–Crippen LogP) is 3.53. The Morgan fingerprint density at radius 1 is 0.950 bits per heavy atom. The third-order valence-corrected chi connectivity index (χ3v) is 3.65. The van der Waals surface area contributed by atoms with Crippen LogP contribution in [-0.2, 0) is 14.3 Å². The summed E-state index contributed by atoms with van der Waals surface area (Å²) in [4.78, 5) is 21.9. The van der Waals surface area contributed by atoms with Crippen molar-refractivity contribution in [3.05, 3.63) is 58.6 Å². The van der Waals surface area contributed by atoms with Crippen molar-refractivity contribution >= 4 is 12.6 Å². The number of carbonyl (C=O) groups is 2. The van der Waals surface area contributed by atoms with E-state index in [2.05, 4.69) is 0 Å². The fourth-order valence-corrected chi connectivity index (χ4v) is 2.73. The van der Waals surface area contributed by atoms with Crippen molar-refractivity contribution in [1.82, 2.24) is 0 Å². The van der Waals surface area contributed by atoms with Crippen LogP contribution in [0.15, 0.2) is 53.0 Å². The molecule has 104 valence electrons. The second-order valence-corrected chi connectivity index (χ2v) is 4.85. The molecule has 1 heterocycles. The molecule has 3 nitrogen and oxygen atoms in total. The van der Waals surface area contributed by atoms with Crippen molar-refractivity contribution in [3.63, 3.8) is 0 Å². The lowest BCUT2D eigenvalue weighted by Crippen LogP contribution is -2.17. The molecular formula is C17H18O3. The van der Waals surface area contributed by atoms with Crippen LogP contribution in [0.1, 0.15) is 38.2 Å². The summed E-state index contributed by atoms with van der Waals surface area (Å²) >= 11 is 0. The molecule has 3 heteroatoms. The Hall–Kier alpha value is -2.16. The van der Waals surface area contributed by atoms with Gasteiger partial charge in [0.25, 0.3) is 0 Å². The molecular weight excluding hydrogens is 252 g/mol. The number of aldehydes is 2. The van der Waals surface area contributed by atoms with E-state index in [1.54, 1.807) is 0 Å². The molecule has 0 bridgehead atoms. The third-order valence-electron chi connectivity index (χ3n) is 3.65. The molecule has 0 fully saturated rings. The zero-order valence-electron chi connectivity index (χ0n) is 11.8. The highest BCUT2D eigenvalue weighted by Gasteiger charge is 2.29. The molecule has 2 rings (SSSR count). The van der Waals surface area contributed by atoms with Crippen LogP contribution in [0.4, 0.5) is 0 Å². The van der Waals surface area contributed by atoms with Gasteiger partial charge in [0.1, 0.15) is 24.1 Å². The van der Waals surface area contributed by atoms with E-state index in [9.17, 15) is 9.59 Å². The number of rotatable bonds is 5. The van der Waals surface area contributed by atoms with Crippen LogP contribution in [0.25, 0.3) is 0 Å². The summed E-state index contributed by atoms with van der Waals surface area (Å²) in [6, 6.07) is 9.92. The van der Waals surface area contributed by atoms with Gasteiger partial charge in [-0.25, -0.2) is 0 Å². The normalized spacial score (nSPS) is 16.1. The molecule has 1 aliphatic rings. The van der Waals surface area contributed by atoms with Gasteiger partial charge in [0.15, 0.2) is 0 Å². The SMILES string of the molecule is CC1=C(CC=O)C(c2ccccc2)C(CC=O)=C(C)O1. The largest absolute Gasteiger partial charge is 0.467 e. The Morgan fingerprint density at radius 2 is 1.45 bits per heavy atom. The summed E-state index contributed by atoms with van der Waals surface area (Å²) in [5.41, 5.74) is 2.96. The molecule has 0 radical (unpaired) electrons. The first-order valence-electron chi connectivity index (χ1n) is 6.68. The second-order valence-electron chi connectivity index (χ2n) is 4.85. The minimum atomic E-state index is -0.0413. The molecule has 0 amide bonds. The summed E-state index contributed by atoms with van der Waals surface area (Å²) in [7, 11) is 0. The molecule has 0 unspecified atom stereocenters. The number of ether oxygens (including phenoxy) is 1. The average Bonchev–Trinajstić information content (AvgIpc) is 2.45. The fraction of sp³-hybridized carbons (Fsp3) is 0.294. The van der Waals surface area contributed by atoms with Gasteiger partial charge in [0, 0.05) is 18.8 Å². The maximum absolute atomic E-state index is 11.0. The van der Waals surface area contributed by atoms with Crippen LogP contribution in [0, 0.1) is 0 Å². The summed E-state index contributed by atoms with van der Waals surface area (Å²) in [6.45, 7) is 3.74. The Morgan fingerprint density at radius 3 is 1.90 bits per heavy atom. The second kappa shape index (κ2) is 6.33. The van der Waals surface area contributed by atoms with Crippen molar-refractivity contribution in [2.75, 3.05) is 0 Å². The van der Waals surface area contributed by atoms with Gasteiger partial charge >= 0.3 is 0 Å². The van der Waals surface area contributed by atoms with Crippen molar-refractivity contribution in [1.29, 1.82) is 0 Å². The van der Waals surface area contributed by atoms with Gasteiger partial charge in [0.05, 0.1) is 0 Å². The van der Waals surface area contributed by atoms with Crippen molar-refractivity contribution in [2.24, 2.45) is 0 Å². The van der Waals surface area contributed by atoms with E-state index in [1.165, 1.54) is 0 Å². The van der Waals surface area contributed by atoms with Crippen molar-refractivity contribution < 1.29 is 14.3 Å². The molecule has 1 aliphatic heterocycles. The van der Waals surface area contributed by atoms with Crippen LogP contribution >= 0.6 is 0 Å². The first-order chi connectivity index (χ1) is 9.69. The third kappa shape index (κ3) is 2.72. The number of hydrogen-bond acceptors (Lipinski definition) is 3. The summed E-state index contributed by atoms with van der Waals surface area (Å²) < 4.78 is 5.71. The smallest absolute Gasteiger partial charge is 0.124 e. The highest BCUT2D eigenvalue weighted by molar-refractivity contribution is 5.62. The van der Waals surface area contributed by atoms with E-state index in [1.807, 2.05) is 44.2 Å². The van der Waals surface area contributed by atoms with E-state index in [-0.39, 0.29) is 5.92 Å². The Balaban J connectivity index is 2.54. The van der Waals surface area contributed by atoms with Crippen LogP contribution in [-0.4, -0.2) is 12.6 Å². The molecule has 0 atom stereocenters. The van der Waals surface area contributed by atoms with Gasteiger partial charge in [-0.1, -0.05) is 30.3 Å². The highest BCUT2D eigenvalue weighted by Crippen LogP contribution is 2.42. The van der Waals surface area contributed by atoms with E-state index in [4.69, 9.17) is 4.74 Å². The van der Waals surface area contributed by atoms with Gasteiger partial charge in [0.2, 0.25) is 0 Å². The van der Waals surface area contributed by atoms with Gasteiger partial charge in [-0.15, -0.1) is 0 Å². The predicted molar refractivity (Wildman–Crippen MR) is 77.0 cm³/mol. The molecule has 0 aromatic heterocycles. The maximum Gasteiger partial charge on any atom is 0.124 e. The molecule has 1 aromatic carbocycles. The Labute approximate surface area is 118 Å². The van der Waals surface area contributed by atoms with Crippen LogP contribution < -0.4 is 0 Å². The van der Waals surface area contributed by atoms with E-state index < -0.39 is 0 Å². The number of allylic oxidation sites excluding steroid dienone is 4. The lowest BCUT2D eigenvalue weighted by molar-refractivity contribution is -0.107. The molecule has 0 spiro atoms. The standard InChI is InChI=1S/C17H18O3/c1-12-15(8-10-18)17(14-6-4-3-5-7-14)16(9-11-19)13(2)20-12/h3-7,10-11,17H,8-9H2,1-2H3. The topological polar surface area (TPSA) is 43.4 Å². The number of carbonyl (C=O) groups excluding carboxylic acids is 2. The number of benzene rings is 1. The lowest BCUT2D eigenvalue weighted by Gasteiger charge is -2.30. The molecule has 0 N–H and O–H groups in total. The molecule has 1 aromatic rings. The zero-order valence-corrected chi connectivity index (χ0v) is 11.8. The monoisotopic (exact) mass is 270 g/mol. The lowest BCUT2D eigenvalue weighted by atomic mass is 9.80. The molecule has 0 aliphatic carbocycles. The van der Waals surface area contributed by atoms with E-state index in [0.29, 0.717) is 12.8 Å². The van der Waals surface area contributed by atoms with E-state index in [0.717, 1.165) is 40.8 Å². The average molecular weight is 270 g/mol. The summed E-state index contributed by atoms with van der Waals surface area (Å²) in [6.07, 6.45) is 2.41. The van der Waals surface area contributed by atoms with Gasteiger partial charge in [-0.3, -0.25) is 0 Å². The zero-order chi connectivity index (χ0) is 14.5. The Kier molecular flexibility index (Phi) is 4.51. The Bertz CT molecular complexity index is 535. The minimum absolute atomic E-state index is 0.0413. The van der Waals surface area contributed by atoms with Crippen molar-refractivity contribution in [3.8, 4) is 0 Å². The number of hydrogen-bond donors (Lipinski definition) is 0. The molecule has 20 heavy (non-hydrogen) atoms. The first-order valence-corrected chi connectivity index (χ1v) is 6.68. The van der Waals surface area contributed by atoms with Crippen LogP contribution in [0.5, 0.6) is 0 Å². The first kappa shape index (κ1) is 14.3. The van der Waals surface area contributed by atoms with Crippen LogP contribution in [0.3, 0.4) is 0 Å². The summed E-state index contributed by atoms with van der Waals surface area (Å²) in [5.74, 6) is 1.48. The van der Waals surface area contributed by atoms with Crippen LogP contribution in [0.2, 0.25) is 0 Å². The minimum Gasteiger partial charge on any atom is -0.467 e.